The van der Waals surface area contributed by atoms with Gasteiger partial charge in [0.15, 0.2) is 0 Å². The Morgan fingerprint density at radius 1 is 1.12 bits per heavy atom. The van der Waals surface area contributed by atoms with Gasteiger partial charge in [-0.2, -0.15) is 0 Å². The van der Waals surface area contributed by atoms with Crippen LogP contribution in [-0.4, -0.2) is 13.1 Å². The number of nitrogens with one attached hydrogen (secondary N) is 1. The SMILES string of the molecule is [CH](CC1CCNCC1)[C@@H]1C[C@H]1c1ccccc1. The van der Waals surface area contributed by atoms with E-state index in [1.807, 2.05) is 0 Å². The summed E-state index contributed by atoms with van der Waals surface area (Å²) in [5, 5.41) is 3.44. The highest BCUT2D eigenvalue weighted by atomic mass is 14.9. The maximum atomic E-state index is 3.44. The Kier molecular flexibility index (Phi) is 3.46. The van der Waals surface area contributed by atoms with Gasteiger partial charge < -0.3 is 5.32 Å². The molecule has 1 aromatic rings. The summed E-state index contributed by atoms with van der Waals surface area (Å²) >= 11 is 0. The Morgan fingerprint density at radius 3 is 2.65 bits per heavy atom. The third-order valence-electron chi connectivity index (χ3n) is 4.30. The van der Waals surface area contributed by atoms with Gasteiger partial charge in [-0.15, -0.1) is 0 Å². The summed E-state index contributed by atoms with van der Waals surface area (Å²) < 4.78 is 0. The molecule has 3 rings (SSSR count). The zero-order chi connectivity index (χ0) is 11.5. The molecule has 17 heavy (non-hydrogen) atoms. The van der Waals surface area contributed by atoms with Crippen LogP contribution in [0.3, 0.4) is 0 Å². The predicted octanol–water partition coefficient (Wildman–Crippen LogP) is 3.38. The van der Waals surface area contributed by atoms with Crippen molar-refractivity contribution in [3.8, 4) is 0 Å². The van der Waals surface area contributed by atoms with E-state index in [1.54, 1.807) is 5.56 Å². The Morgan fingerprint density at radius 2 is 1.88 bits per heavy atom. The fourth-order valence-electron chi connectivity index (χ4n) is 3.04. The molecule has 2 atom stereocenters. The Balaban J connectivity index is 1.43. The normalized spacial score (nSPS) is 29.2. The second kappa shape index (κ2) is 5.22. The monoisotopic (exact) mass is 228 g/mol. The molecule has 0 aromatic heterocycles. The summed E-state index contributed by atoms with van der Waals surface area (Å²) in [5.74, 6) is 2.65. The van der Waals surface area contributed by atoms with Crippen LogP contribution in [-0.2, 0) is 0 Å². The molecular weight excluding hydrogens is 206 g/mol. The quantitative estimate of drug-likeness (QED) is 0.833. The van der Waals surface area contributed by atoms with E-state index in [1.165, 1.54) is 38.8 Å². The van der Waals surface area contributed by atoms with Crippen molar-refractivity contribution in [2.45, 2.75) is 31.6 Å². The van der Waals surface area contributed by atoms with Crippen molar-refractivity contribution < 1.29 is 0 Å². The van der Waals surface area contributed by atoms with E-state index in [2.05, 4.69) is 42.1 Å². The largest absolute Gasteiger partial charge is 0.317 e. The molecule has 1 nitrogen and oxygen atoms in total. The van der Waals surface area contributed by atoms with Crippen LogP contribution in [0.2, 0.25) is 0 Å². The van der Waals surface area contributed by atoms with Gasteiger partial charge in [0.2, 0.25) is 0 Å². The van der Waals surface area contributed by atoms with Gasteiger partial charge in [0.25, 0.3) is 0 Å². The van der Waals surface area contributed by atoms with E-state index in [4.69, 9.17) is 0 Å². The topological polar surface area (TPSA) is 12.0 Å². The number of hydrogen-bond donors (Lipinski definition) is 1. The molecule has 0 amide bonds. The lowest BCUT2D eigenvalue weighted by Gasteiger charge is -2.22. The molecule has 2 fully saturated rings. The first-order chi connectivity index (χ1) is 8.43. The van der Waals surface area contributed by atoms with Crippen molar-refractivity contribution in [3.63, 3.8) is 0 Å². The standard InChI is InChI=1S/C16H22N/c1-2-4-14(5-3-1)16-12-15(16)7-6-13-8-10-17-11-9-13/h1-5,7,13,15-17H,6,8-12H2/t15-,16+/m1/s1. The van der Waals surface area contributed by atoms with E-state index < -0.39 is 0 Å². The second-order valence-electron chi connectivity index (χ2n) is 5.58. The maximum absolute atomic E-state index is 3.44. The van der Waals surface area contributed by atoms with Crippen LogP contribution in [0.15, 0.2) is 30.3 Å². The number of rotatable bonds is 4. The lowest BCUT2D eigenvalue weighted by Crippen LogP contribution is -2.27. The predicted molar refractivity (Wildman–Crippen MR) is 71.8 cm³/mol. The number of piperidine rings is 1. The van der Waals surface area contributed by atoms with Gasteiger partial charge in [-0.25, -0.2) is 0 Å². The Bertz CT molecular complexity index is 340. The molecule has 2 aliphatic rings. The molecule has 1 N–H and O–H groups in total. The molecule has 1 aliphatic carbocycles. The van der Waals surface area contributed by atoms with Crippen LogP contribution in [0.25, 0.3) is 0 Å². The Labute approximate surface area is 105 Å². The van der Waals surface area contributed by atoms with E-state index in [-0.39, 0.29) is 0 Å². The minimum atomic E-state index is 0.831. The highest BCUT2D eigenvalue weighted by molar-refractivity contribution is 5.27. The van der Waals surface area contributed by atoms with E-state index in [0.717, 1.165) is 17.8 Å². The van der Waals surface area contributed by atoms with Crippen molar-refractivity contribution >= 4 is 0 Å². The van der Waals surface area contributed by atoms with Gasteiger partial charge >= 0.3 is 0 Å². The molecular formula is C16H22N. The average molecular weight is 228 g/mol. The van der Waals surface area contributed by atoms with E-state index >= 15 is 0 Å². The molecule has 0 spiro atoms. The molecule has 1 radical (unpaired) electrons. The molecule has 1 aromatic carbocycles. The first kappa shape index (κ1) is 11.3. The van der Waals surface area contributed by atoms with Crippen molar-refractivity contribution in [1.29, 1.82) is 0 Å². The molecule has 1 heteroatoms. The molecule has 1 saturated carbocycles. The van der Waals surface area contributed by atoms with Crippen LogP contribution in [0.5, 0.6) is 0 Å². The van der Waals surface area contributed by atoms with Crippen LogP contribution in [0, 0.1) is 18.3 Å². The smallest absolute Gasteiger partial charge is 0.00463 e. The lowest BCUT2D eigenvalue weighted by molar-refractivity contribution is 0.366. The first-order valence-electron chi connectivity index (χ1n) is 7.02. The van der Waals surface area contributed by atoms with Gasteiger partial charge in [-0.05, 0) is 68.5 Å². The average Bonchev–Trinajstić information content (AvgIpc) is 3.18. The highest BCUT2D eigenvalue weighted by Gasteiger charge is 2.37. The van der Waals surface area contributed by atoms with Gasteiger partial charge in [0.1, 0.15) is 0 Å². The second-order valence-corrected chi connectivity index (χ2v) is 5.58. The number of benzene rings is 1. The van der Waals surface area contributed by atoms with Gasteiger partial charge in [-0.3, -0.25) is 0 Å². The fourth-order valence-corrected chi connectivity index (χ4v) is 3.04. The third-order valence-corrected chi connectivity index (χ3v) is 4.30. The van der Waals surface area contributed by atoms with Gasteiger partial charge in [0.05, 0.1) is 0 Å². The van der Waals surface area contributed by atoms with Crippen LogP contribution in [0.4, 0.5) is 0 Å². The summed E-state index contributed by atoms with van der Waals surface area (Å²) in [5.41, 5.74) is 1.54. The maximum Gasteiger partial charge on any atom is -0.00463 e. The Hall–Kier alpha value is -0.820. The minimum Gasteiger partial charge on any atom is -0.317 e. The van der Waals surface area contributed by atoms with E-state index in [0.29, 0.717) is 0 Å². The summed E-state index contributed by atoms with van der Waals surface area (Å²) in [4.78, 5) is 0. The third kappa shape index (κ3) is 2.90. The van der Waals surface area contributed by atoms with Crippen LogP contribution in [0.1, 0.15) is 37.2 Å². The summed E-state index contributed by atoms with van der Waals surface area (Å²) in [7, 11) is 0. The van der Waals surface area contributed by atoms with Crippen LogP contribution >= 0.6 is 0 Å². The fraction of sp³-hybridized carbons (Fsp3) is 0.562. The molecule has 1 heterocycles. The van der Waals surface area contributed by atoms with Gasteiger partial charge in [-0.1, -0.05) is 30.3 Å². The minimum absolute atomic E-state index is 0.831. The van der Waals surface area contributed by atoms with Crippen LogP contribution < -0.4 is 5.32 Å². The van der Waals surface area contributed by atoms with Crippen molar-refractivity contribution in [1.82, 2.24) is 5.32 Å². The molecule has 1 saturated heterocycles. The lowest BCUT2D eigenvalue weighted by atomic mass is 9.91. The van der Waals surface area contributed by atoms with Crippen molar-refractivity contribution in [3.05, 3.63) is 42.3 Å². The summed E-state index contributed by atoms with van der Waals surface area (Å²) in [6.45, 7) is 2.45. The molecule has 0 unspecified atom stereocenters. The zero-order valence-electron chi connectivity index (χ0n) is 10.4. The van der Waals surface area contributed by atoms with Crippen molar-refractivity contribution in [2.24, 2.45) is 11.8 Å². The zero-order valence-corrected chi connectivity index (χ0v) is 10.4. The molecule has 0 bridgehead atoms. The number of hydrogen-bond acceptors (Lipinski definition) is 1. The first-order valence-corrected chi connectivity index (χ1v) is 7.02. The summed E-state index contributed by atoms with van der Waals surface area (Å²) in [6.07, 6.45) is 8.08. The van der Waals surface area contributed by atoms with Crippen molar-refractivity contribution in [2.75, 3.05) is 13.1 Å². The summed E-state index contributed by atoms with van der Waals surface area (Å²) in [6, 6.07) is 11.0. The van der Waals surface area contributed by atoms with E-state index in [9.17, 15) is 0 Å². The molecule has 91 valence electrons. The highest BCUT2D eigenvalue weighted by Crippen LogP contribution is 2.50. The molecule has 1 aliphatic heterocycles. The van der Waals surface area contributed by atoms with Gasteiger partial charge in [0, 0.05) is 0 Å².